The van der Waals surface area contributed by atoms with Crippen LogP contribution in [0.25, 0.3) is 0 Å². The van der Waals surface area contributed by atoms with Crippen molar-refractivity contribution in [3.8, 4) is 0 Å². The van der Waals surface area contributed by atoms with Crippen molar-refractivity contribution in [3.05, 3.63) is 29.3 Å². The van der Waals surface area contributed by atoms with Gasteiger partial charge in [0, 0.05) is 0 Å². The normalized spacial score (nSPS) is 19.2. The third kappa shape index (κ3) is 1.86. The van der Waals surface area contributed by atoms with Gasteiger partial charge < -0.3 is 0 Å². The van der Waals surface area contributed by atoms with Crippen LogP contribution in [-0.4, -0.2) is 8.42 Å². The maximum absolute atomic E-state index is 13.1. The van der Waals surface area contributed by atoms with Crippen LogP contribution in [0.1, 0.15) is 37.8 Å². The number of hydrogen-bond donors (Lipinski definition) is 0. The van der Waals surface area contributed by atoms with E-state index >= 15 is 0 Å². The highest BCUT2D eigenvalue weighted by Gasteiger charge is 2.31. The van der Waals surface area contributed by atoms with Crippen LogP contribution >= 0.6 is 0 Å². The van der Waals surface area contributed by atoms with E-state index in [1.165, 1.54) is 6.07 Å². The Bertz CT molecular complexity index is 518. The first-order valence-electron chi connectivity index (χ1n) is 5.39. The SMILES string of the molecule is CC1(C)CCCc2c1cccc2S(=O)(=O)F. The predicted molar refractivity (Wildman–Crippen MR) is 60.7 cm³/mol. The second-order valence-electron chi connectivity index (χ2n) is 4.96. The second-order valence-corrected chi connectivity index (χ2v) is 6.27. The number of halogens is 1. The molecule has 16 heavy (non-hydrogen) atoms. The van der Waals surface area contributed by atoms with E-state index in [0.29, 0.717) is 12.0 Å². The molecule has 2 nitrogen and oxygen atoms in total. The van der Waals surface area contributed by atoms with Gasteiger partial charge in [0.25, 0.3) is 0 Å². The van der Waals surface area contributed by atoms with E-state index in [9.17, 15) is 12.3 Å². The third-order valence-electron chi connectivity index (χ3n) is 3.35. The number of hydrogen-bond acceptors (Lipinski definition) is 2. The van der Waals surface area contributed by atoms with Crippen LogP contribution in [-0.2, 0) is 22.1 Å². The van der Waals surface area contributed by atoms with Gasteiger partial charge in [-0.1, -0.05) is 26.0 Å². The Morgan fingerprint density at radius 2 is 2.00 bits per heavy atom. The molecule has 1 aromatic carbocycles. The molecule has 0 heterocycles. The maximum Gasteiger partial charge on any atom is 0.332 e. The first kappa shape index (κ1) is 11.6. The van der Waals surface area contributed by atoms with Crippen molar-refractivity contribution in [2.45, 2.75) is 43.4 Å². The van der Waals surface area contributed by atoms with Gasteiger partial charge in [-0.2, -0.15) is 8.42 Å². The minimum absolute atomic E-state index is 0.0612. The first-order chi connectivity index (χ1) is 7.32. The van der Waals surface area contributed by atoms with Crippen molar-refractivity contribution in [3.63, 3.8) is 0 Å². The molecule has 0 atom stereocenters. The molecule has 0 amide bonds. The first-order valence-corrected chi connectivity index (χ1v) is 6.78. The predicted octanol–water partition coefficient (Wildman–Crippen LogP) is 2.96. The summed E-state index contributed by atoms with van der Waals surface area (Å²) in [6, 6.07) is 4.89. The van der Waals surface area contributed by atoms with Crippen molar-refractivity contribution in [2.24, 2.45) is 0 Å². The molecule has 88 valence electrons. The largest absolute Gasteiger partial charge is 0.332 e. The molecular formula is C12H15FO2S. The molecule has 1 aliphatic carbocycles. The van der Waals surface area contributed by atoms with Crippen LogP contribution < -0.4 is 0 Å². The Labute approximate surface area is 95.7 Å². The van der Waals surface area contributed by atoms with E-state index in [1.807, 2.05) is 6.07 Å². The lowest BCUT2D eigenvalue weighted by Gasteiger charge is -2.33. The van der Waals surface area contributed by atoms with Gasteiger partial charge >= 0.3 is 10.2 Å². The fourth-order valence-electron chi connectivity index (χ4n) is 2.53. The highest BCUT2D eigenvalue weighted by Crippen LogP contribution is 2.39. The Hall–Kier alpha value is -0.900. The Kier molecular flexibility index (Phi) is 2.57. The smallest absolute Gasteiger partial charge is 0.189 e. The second kappa shape index (κ2) is 3.55. The standard InChI is InChI=1S/C12H15FO2S/c1-12(2)8-4-5-9-10(12)6-3-7-11(9)16(13,14)15/h3,6-7H,4-5,8H2,1-2H3. The summed E-state index contributed by atoms with van der Waals surface area (Å²) in [5.41, 5.74) is 1.58. The molecule has 0 N–H and O–H groups in total. The van der Waals surface area contributed by atoms with Crippen molar-refractivity contribution in [1.82, 2.24) is 0 Å². The summed E-state index contributed by atoms with van der Waals surface area (Å²) < 4.78 is 35.2. The molecule has 0 fully saturated rings. The lowest BCUT2D eigenvalue weighted by molar-refractivity contribution is 0.427. The van der Waals surface area contributed by atoms with Gasteiger partial charge in [0.05, 0.1) is 0 Å². The topological polar surface area (TPSA) is 34.1 Å². The molecule has 1 aromatic rings. The van der Waals surface area contributed by atoms with Crippen LogP contribution in [0, 0.1) is 0 Å². The van der Waals surface area contributed by atoms with Crippen molar-refractivity contribution >= 4 is 10.2 Å². The van der Waals surface area contributed by atoms with Gasteiger partial charge in [-0.15, -0.1) is 3.89 Å². The van der Waals surface area contributed by atoms with Gasteiger partial charge in [0.15, 0.2) is 0 Å². The maximum atomic E-state index is 13.1. The molecule has 0 spiro atoms. The molecule has 4 heteroatoms. The fraction of sp³-hybridized carbons (Fsp3) is 0.500. The molecule has 0 aromatic heterocycles. The van der Waals surface area contributed by atoms with E-state index in [1.54, 1.807) is 6.07 Å². The van der Waals surface area contributed by atoms with Gasteiger partial charge in [0.1, 0.15) is 4.90 Å². The van der Waals surface area contributed by atoms with Gasteiger partial charge in [0.2, 0.25) is 0 Å². The summed E-state index contributed by atoms with van der Waals surface area (Å²) in [5, 5.41) is 0. The third-order valence-corrected chi connectivity index (χ3v) is 4.26. The molecule has 0 saturated carbocycles. The molecule has 1 aliphatic rings. The van der Waals surface area contributed by atoms with Crippen LogP contribution in [0.3, 0.4) is 0 Å². The van der Waals surface area contributed by atoms with E-state index < -0.39 is 10.2 Å². The van der Waals surface area contributed by atoms with Gasteiger partial charge in [-0.05, 0) is 41.9 Å². The highest BCUT2D eigenvalue weighted by molar-refractivity contribution is 7.86. The number of benzene rings is 1. The summed E-state index contributed by atoms with van der Waals surface area (Å²) in [6.07, 6.45) is 2.57. The Balaban J connectivity index is 2.70. The summed E-state index contributed by atoms with van der Waals surface area (Å²) >= 11 is 0. The summed E-state index contributed by atoms with van der Waals surface area (Å²) in [6.45, 7) is 4.14. The quantitative estimate of drug-likeness (QED) is 0.709. The average Bonchev–Trinajstić information content (AvgIpc) is 2.15. The van der Waals surface area contributed by atoms with Gasteiger partial charge in [-0.3, -0.25) is 0 Å². The van der Waals surface area contributed by atoms with E-state index in [-0.39, 0.29) is 10.3 Å². The zero-order valence-corrected chi connectivity index (χ0v) is 10.3. The van der Waals surface area contributed by atoms with E-state index in [4.69, 9.17) is 0 Å². The average molecular weight is 242 g/mol. The summed E-state index contributed by atoms with van der Waals surface area (Å²) in [7, 11) is -4.59. The van der Waals surface area contributed by atoms with Crippen LogP contribution in [0.4, 0.5) is 3.89 Å². The zero-order valence-electron chi connectivity index (χ0n) is 9.46. The number of rotatable bonds is 1. The van der Waals surface area contributed by atoms with Crippen LogP contribution in [0.15, 0.2) is 23.1 Å². The minimum Gasteiger partial charge on any atom is -0.189 e. The van der Waals surface area contributed by atoms with E-state index in [0.717, 1.165) is 18.4 Å². The lowest BCUT2D eigenvalue weighted by Crippen LogP contribution is -2.25. The molecule has 0 unspecified atom stereocenters. The molecule has 0 aliphatic heterocycles. The van der Waals surface area contributed by atoms with Crippen LogP contribution in [0.2, 0.25) is 0 Å². The Morgan fingerprint density at radius 3 is 2.62 bits per heavy atom. The Morgan fingerprint density at radius 1 is 1.31 bits per heavy atom. The van der Waals surface area contributed by atoms with Crippen molar-refractivity contribution in [2.75, 3.05) is 0 Å². The fourth-order valence-corrected chi connectivity index (χ4v) is 3.28. The monoisotopic (exact) mass is 242 g/mol. The summed E-state index contributed by atoms with van der Waals surface area (Å²) in [5.74, 6) is 0. The van der Waals surface area contributed by atoms with Crippen molar-refractivity contribution < 1.29 is 12.3 Å². The highest BCUT2D eigenvalue weighted by atomic mass is 32.3. The molecule has 2 rings (SSSR count). The summed E-state index contributed by atoms with van der Waals surface area (Å²) in [4.78, 5) is -0.141. The minimum atomic E-state index is -4.59. The van der Waals surface area contributed by atoms with Gasteiger partial charge in [-0.25, -0.2) is 0 Å². The molecule has 0 saturated heterocycles. The molecule has 0 bridgehead atoms. The van der Waals surface area contributed by atoms with E-state index in [2.05, 4.69) is 13.8 Å². The number of fused-ring (bicyclic) bond motifs is 1. The zero-order chi connectivity index (χ0) is 12.0. The molecular weight excluding hydrogens is 227 g/mol. The molecule has 0 radical (unpaired) electrons. The van der Waals surface area contributed by atoms with Crippen LogP contribution in [0.5, 0.6) is 0 Å². The van der Waals surface area contributed by atoms with Crippen molar-refractivity contribution in [1.29, 1.82) is 0 Å². The lowest BCUT2D eigenvalue weighted by atomic mass is 9.73.